The number of hydrogen-bond acceptors (Lipinski definition) is 6. The molecule has 1 saturated carbocycles. The second-order valence-corrected chi connectivity index (χ2v) is 8.63. The lowest BCUT2D eigenvalue weighted by Crippen LogP contribution is -2.15. The van der Waals surface area contributed by atoms with Crippen molar-refractivity contribution in [2.24, 2.45) is 0 Å². The van der Waals surface area contributed by atoms with E-state index in [0.717, 1.165) is 17.7 Å². The third-order valence-corrected chi connectivity index (χ3v) is 6.36. The van der Waals surface area contributed by atoms with Crippen LogP contribution in [0.15, 0.2) is 58.6 Å². The van der Waals surface area contributed by atoms with E-state index in [2.05, 4.69) is 21.6 Å². The van der Waals surface area contributed by atoms with Crippen LogP contribution < -0.4 is 5.32 Å². The van der Waals surface area contributed by atoms with Crippen molar-refractivity contribution in [3.8, 4) is 17.5 Å². The SMILES string of the molecule is N#CCSc1ccccc1NC(=O)CSc1nnc(-c2ccccc2F)n1C1CC1. The number of nitriles is 1. The molecule has 1 aliphatic rings. The van der Waals surface area contributed by atoms with Gasteiger partial charge < -0.3 is 5.32 Å². The van der Waals surface area contributed by atoms with E-state index < -0.39 is 0 Å². The highest BCUT2D eigenvalue weighted by atomic mass is 32.2. The molecule has 0 radical (unpaired) electrons. The Labute approximate surface area is 181 Å². The summed E-state index contributed by atoms with van der Waals surface area (Å²) in [6.07, 6.45) is 1.98. The summed E-state index contributed by atoms with van der Waals surface area (Å²) in [5.41, 5.74) is 1.09. The van der Waals surface area contributed by atoms with E-state index in [1.54, 1.807) is 18.2 Å². The summed E-state index contributed by atoms with van der Waals surface area (Å²) in [7, 11) is 0. The Hall–Kier alpha value is -2.83. The highest BCUT2D eigenvalue weighted by Gasteiger charge is 2.31. The summed E-state index contributed by atoms with van der Waals surface area (Å²) in [5, 5.41) is 20.7. The van der Waals surface area contributed by atoms with Crippen LogP contribution in [0.4, 0.5) is 10.1 Å². The maximum atomic E-state index is 14.3. The Morgan fingerprint density at radius 1 is 1.17 bits per heavy atom. The van der Waals surface area contributed by atoms with Crippen molar-refractivity contribution in [2.45, 2.75) is 28.9 Å². The van der Waals surface area contributed by atoms with Gasteiger partial charge in [-0.2, -0.15) is 5.26 Å². The molecule has 1 aliphatic carbocycles. The molecule has 0 saturated heterocycles. The number of hydrogen-bond donors (Lipinski definition) is 1. The van der Waals surface area contributed by atoms with E-state index in [1.165, 1.54) is 29.6 Å². The average molecular weight is 440 g/mol. The van der Waals surface area contributed by atoms with E-state index in [1.807, 2.05) is 28.8 Å². The van der Waals surface area contributed by atoms with E-state index in [0.29, 0.717) is 28.0 Å². The van der Waals surface area contributed by atoms with Crippen LogP contribution in [-0.2, 0) is 4.79 Å². The molecule has 1 amide bonds. The zero-order valence-corrected chi connectivity index (χ0v) is 17.5. The number of rotatable bonds is 8. The summed E-state index contributed by atoms with van der Waals surface area (Å²) in [5.74, 6) is 0.441. The number of amides is 1. The minimum absolute atomic E-state index is 0.152. The zero-order valence-electron chi connectivity index (χ0n) is 15.9. The Morgan fingerprint density at radius 2 is 1.93 bits per heavy atom. The number of benzene rings is 2. The fraction of sp³-hybridized carbons (Fsp3) is 0.238. The normalized spacial score (nSPS) is 13.1. The first-order valence-corrected chi connectivity index (χ1v) is 11.4. The Morgan fingerprint density at radius 3 is 2.70 bits per heavy atom. The van der Waals surface area contributed by atoms with Gasteiger partial charge >= 0.3 is 0 Å². The molecule has 9 heteroatoms. The van der Waals surface area contributed by atoms with Gasteiger partial charge in [0.2, 0.25) is 5.91 Å². The second-order valence-electron chi connectivity index (χ2n) is 6.67. The highest BCUT2D eigenvalue weighted by molar-refractivity contribution is 8.00. The molecular weight excluding hydrogens is 421 g/mol. The molecule has 1 aromatic heterocycles. The largest absolute Gasteiger partial charge is 0.324 e. The number of anilines is 1. The summed E-state index contributed by atoms with van der Waals surface area (Å²) < 4.78 is 16.2. The van der Waals surface area contributed by atoms with Crippen LogP contribution >= 0.6 is 23.5 Å². The number of carbonyl (C=O) groups excluding carboxylic acids is 1. The number of nitrogens with one attached hydrogen (secondary N) is 1. The third-order valence-electron chi connectivity index (χ3n) is 4.48. The highest BCUT2D eigenvalue weighted by Crippen LogP contribution is 2.41. The van der Waals surface area contributed by atoms with Crippen molar-refractivity contribution in [3.63, 3.8) is 0 Å². The fourth-order valence-corrected chi connectivity index (χ4v) is 4.46. The van der Waals surface area contributed by atoms with Crippen molar-refractivity contribution in [2.75, 3.05) is 16.8 Å². The van der Waals surface area contributed by atoms with Crippen molar-refractivity contribution in [1.29, 1.82) is 5.26 Å². The van der Waals surface area contributed by atoms with Gasteiger partial charge in [0.1, 0.15) is 5.82 Å². The molecular formula is C21H18FN5OS2. The van der Waals surface area contributed by atoms with Gasteiger partial charge in [0.15, 0.2) is 11.0 Å². The molecule has 30 heavy (non-hydrogen) atoms. The zero-order chi connectivity index (χ0) is 20.9. The summed E-state index contributed by atoms with van der Waals surface area (Å²) in [6.45, 7) is 0. The van der Waals surface area contributed by atoms with Crippen LogP contribution in [0.1, 0.15) is 18.9 Å². The molecule has 2 aromatic carbocycles. The lowest BCUT2D eigenvalue weighted by molar-refractivity contribution is -0.113. The van der Waals surface area contributed by atoms with E-state index >= 15 is 0 Å². The van der Waals surface area contributed by atoms with E-state index in [-0.39, 0.29) is 23.5 Å². The average Bonchev–Trinajstić information content (AvgIpc) is 3.51. The van der Waals surface area contributed by atoms with Gasteiger partial charge in [0.25, 0.3) is 0 Å². The number of nitrogens with zero attached hydrogens (tertiary/aromatic N) is 4. The van der Waals surface area contributed by atoms with Crippen LogP contribution in [0, 0.1) is 17.1 Å². The molecule has 3 aromatic rings. The topological polar surface area (TPSA) is 83.6 Å². The van der Waals surface area contributed by atoms with Gasteiger partial charge in [-0.15, -0.1) is 22.0 Å². The van der Waals surface area contributed by atoms with Crippen LogP contribution in [0.25, 0.3) is 11.4 Å². The first kappa shape index (κ1) is 20.4. The maximum Gasteiger partial charge on any atom is 0.234 e. The quantitative estimate of drug-likeness (QED) is 0.509. The van der Waals surface area contributed by atoms with Gasteiger partial charge in [0.05, 0.1) is 28.8 Å². The van der Waals surface area contributed by atoms with Gasteiger partial charge in [-0.05, 0) is 37.1 Å². The fourth-order valence-electron chi connectivity index (χ4n) is 2.99. The number of thioether (sulfide) groups is 2. The summed E-state index contributed by atoms with van der Waals surface area (Å²) in [4.78, 5) is 13.4. The third kappa shape index (κ3) is 4.66. The predicted molar refractivity (Wildman–Crippen MR) is 116 cm³/mol. The first-order chi connectivity index (χ1) is 14.7. The molecule has 1 heterocycles. The van der Waals surface area contributed by atoms with Crippen molar-refractivity contribution in [1.82, 2.24) is 14.8 Å². The molecule has 0 unspecified atom stereocenters. The molecule has 0 atom stereocenters. The number of para-hydroxylation sites is 1. The minimum Gasteiger partial charge on any atom is -0.324 e. The molecule has 0 spiro atoms. The summed E-state index contributed by atoms with van der Waals surface area (Å²) in [6, 6.07) is 16.2. The first-order valence-electron chi connectivity index (χ1n) is 9.38. The molecule has 1 fully saturated rings. The van der Waals surface area contributed by atoms with Gasteiger partial charge in [-0.25, -0.2) is 4.39 Å². The van der Waals surface area contributed by atoms with Crippen molar-refractivity contribution in [3.05, 3.63) is 54.3 Å². The molecule has 0 bridgehead atoms. The van der Waals surface area contributed by atoms with Crippen molar-refractivity contribution < 1.29 is 9.18 Å². The van der Waals surface area contributed by atoms with E-state index in [9.17, 15) is 9.18 Å². The lowest BCUT2D eigenvalue weighted by Gasteiger charge is -2.11. The van der Waals surface area contributed by atoms with E-state index in [4.69, 9.17) is 5.26 Å². The molecule has 6 nitrogen and oxygen atoms in total. The van der Waals surface area contributed by atoms with Gasteiger partial charge in [-0.3, -0.25) is 9.36 Å². The van der Waals surface area contributed by atoms with Crippen LogP contribution in [0.3, 0.4) is 0 Å². The predicted octanol–water partition coefficient (Wildman–Crippen LogP) is 4.77. The maximum absolute atomic E-state index is 14.3. The lowest BCUT2D eigenvalue weighted by atomic mass is 10.2. The molecule has 1 N–H and O–H groups in total. The number of halogens is 1. The monoisotopic (exact) mass is 439 g/mol. The van der Waals surface area contributed by atoms with Crippen LogP contribution in [0.5, 0.6) is 0 Å². The summed E-state index contributed by atoms with van der Waals surface area (Å²) >= 11 is 2.66. The van der Waals surface area contributed by atoms with Crippen LogP contribution in [0.2, 0.25) is 0 Å². The van der Waals surface area contributed by atoms with Gasteiger partial charge in [-0.1, -0.05) is 36.0 Å². The Balaban J connectivity index is 1.47. The van der Waals surface area contributed by atoms with Crippen molar-refractivity contribution >= 4 is 35.1 Å². The molecule has 0 aliphatic heterocycles. The minimum atomic E-state index is -0.340. The number of carbonyl (C=O) groups is 1. The Bertz CT molecular complexity index is 1110. The second kappa shape index (κ2) is 9.32. The standard InChI is InChI=1S/C21H18FN5OS2/c22-16-6-2-1-5-15(16)20-25-26-21(27(20)14-9-10-14)30-13-19(28)24-17-7-3-4-8-18(17)29-12-11-23/h1-8,14H,9-10,12-13H2,(H,24,28). The molecule has 4 rings (SSSR count). The van der Waals surface area contributed by atoms with Gasteiger partial charge in [0, 0.05) is 10.9 Å². The number of aromatic nitrogens is 3. The van der Waals surface area contributed by atoms with Crippen LogP contribution in [-0.4, -0.2) is 32.2 Å². The Kier molecular flexibility index (Phi) is 6.35. The molecule has 152 valence electrons. The smallest absolute Gasteiger partial charge is 0.234 e.